The molecule has 174 valence electrons. The predicted octanol–water partition coefficient (Wildman–Crippen LogP) is 6.19. The fraction of sp³-hybridized carbons (Fsp3) is 0.458. The lowest BCUT2D eigenvalue weighted by atomic mass is 10.1. The summed E-state index contributed by atoms with van der Waals surface area (Å²) >= 11 is 1.55. The lowest BCUT2D eigenvalue weighted by Crippen LogP contribution is -2.43. The molecule has 0 aliphatic carbocycles. The van der Waals surface area contributed by atoms with Crippen LogP contribution < -0.4 is 4.74 Å². The van der Waals surface area contributed by atoms with Gasteiger partial charge in [0.25, 0.3) is 0 Å². The third-order valence-corrected chi connectivity index (χ3v) is 6.69. The maximum atomic E-state index is 13.0. The Labute approximate surface area is 191 Å². The highest BCUT2D eigenvalue weighted by atomic mass is 32.2. The van der Waals surface area contributed by atoms with Crippen molar-refractivity contribution in [3.8, 4) is 11.5 Å². The summed E-state index contributed by atoms with van der Waals surface area (Å²) in [5.74, 6) is 1.06. The van der Waals surface area contributed by atoms with Gasteiger partial charge in [-0.05, 0) is 63.6 Å². The predicted molar refractivity (Wildman–Crippen MR) is 122 cm³/mol. The van der Waals surface area contributed by atoms with Crippen LogP contribution in [0.4, 0.5) is 13.2 Å². The zero-order chi connectivity index (χ0) is 23.5. The summed E-state index contributed by atoms with van der Waals surface area (Å²) in [4.78, 5) is 16.8. The van der Waals surface area contributed by atoms with E-state index in [1.54, 1.807) is 30.0 Å². The summed E-state index contributed by atoms with van der Waals surface area (Å²) < 4.78 is 44.7. The van der Waals surface area contributed by atoms with Gasteiger partial charge >= 0.3 is 6.18 Å². The van der Waals surface area contributed by atoms with Crippen LogP contribution in [-0.4, -0.2) is 46.6 Å². The quantitative estimate of drug-likeness (QED) is 0.464. The van der Waals surface area contributed by atoms with Crippen molar-refractivity contribution >= 4 is 17.7 Å². The molecular weight excluding hydrogens is 437 g/mol. The molecule has 2 aromatic carbocycles. The van der Waals surface area contributed by atoms with E-state index in [-0.39, 0.29) is 17.0 Å². The van der Waals surface area contributed by atoms with Gasteiger partial charge in [0.15, 0.2) is 0 Å². The Morgan fingerprint density at radius 2 is 1.69 bits per heavy atom. The fourth-order valence-electron chi connectivity index (χ4n) is 3.91. The first-order chi connectivity index (χ1) is 15.1. The van der Waals surface area contributed by atoms with Gasteiger partial charge in [0.2, 0.25) is 5.91 Å². The van der Waals surface area contributed by atoms with Crippen LogP contribution in [0.1, 0.15) is 44.2 Å². The highest BCUT2D eigenvalue weighted by Gasteiger charge is 2.33. The van der Waals surface area contributed by atoms with E-state index < -0.39 is 11.7 Å². The zero-order valence-corrected chi connectivity index (χ0v) is 19.5. The minimum atomic E-state index is -4.43. The summed E-state index contributed by atoms with van der Waals surface area (Å²) in [5.41, 5.74) is 0.139. The first kappa shape index (κ1) is 24.5. The minimum absolute atomic E-state index is 0.0941. The molecule has 0 unspecified atom stereocenters. The molecule has 0 saturated carbocycles. The number of rotatable bonds is 8. The van der Waals surface area contributed by atoms with E-state index in [0.717, 1.165) is 24.2 Å². The SMILES string of the molecule is CC(C)N(CCN1C(=O)CS[C@@H]1c1cccc(Oc2cccc(C(F)(F)F)c2)c1)C(C)C. The number of hydrogen-bond acceptors (Lipinski definition) is 4. The molecule has 1 aliphatic heterocycles. The van der Waals surface area contributed by atoms with Crippen LogP contribution in [-0.2, 0) is 11.0 Å². The van der Waals surface area contributed by atoms with Crippen molar-refractivity contribution in [2.75, 3.05) is 18.8 Å². The second kappa shape index (κ2) is 10.2. The van der Waals surface area contributed by atoms with Gasteiger partial charge < -0.3 is 9.64 Å². The van der Waals surface area contributed by atoms with Gasteiger partial charge in [0.05, 0.1) is 11.3 Å². The molecule has 1 fully saturated rings. The Hall–Kier alpha value is -2.19. The Morgan fingerprint density at radius 3 is 2.31 bits per heavy atom. The second-order valence-corrected chi connectivity index (χ2v) is 9.44. The molecule has 0 spiro atoms. The van der Waals surface area contributed by atoms with E-state index in [0.29, 0.717) is 30.1 Å². The van der Waals surface area contributed by atoms with Gasteiger partial charge in [-0.3, -0.25) is 9.69 Å². The summed E-state index contributed by atoms with van der Waals surface area (Å²) in [7, 11) is 0. The lowest BCUT2D eigenvalue weighted by Gasteiger charge is -2.33. The van der Waals surface area contributed by atoms with Crippen LogP contribution in [0.25, 0.3) is 0 Å². The zero-order valence-electron chi connectivity index (χ0n) is 18.7. The average Bonchev–Trinajstić information content (AvgIpc) is 3.08. The van der Waals surface area contributed by atoms with Crippen molar-refractivity contribution < 1.29 is 22.7 Å². The molecule has 1 saturated heterocycles. The van der Waals surface area contributed by atoms with Crippen molar-refractivity contribution in [2.45, 2.75) is 51.3 Å². The van der Waals surface area contributed by atoms with Crippen LogP contribution >= 0.6 is 11.8 Å². The molecular formula is C24H29F3N2O2S. The number of halogens is 3. The molecule has 3 rings (SSSR count). The van der Waals surface area contributed by atoms with Gasteiger partial charge in [-0.1, -0.05) is 18.2 Å². The van der Waals surface area contributed by atoms with Crippen LogP contribution in [0.15, 0.2) is 48.5 Å². The maximum absolute atomic E-state index is 13.0. The molecule has 0 N–H and O–H groups in total. The van der Waals surface area contributed by atoms with Gasteiger partial charge in [-0.25, -0.2) is 0 Å². The Balaban J connectivity index is 1.75. The Bertz CT molecular complexity index is 925. The van der Waals surface area contributed by atoms with Crippen molar-refractivity contribution in [1.29, 1.82) is 0 Å². The van der Waals surface area contributed by atoms with E-state index >= 15 is 0 Å². The summed E-state index contributed by atoms with van der Waals surface area (Å²) in [5, 5.41) is -0.145. The lowest BCUT2D eigenvalue weighted by molar-refractivity contribution is -0.137. The van der Waals surface area contributed by atoms with Gasteiger partial charge in [0, 0.05) is 25.2 Å². The molecule has 1 aliphatic rings. The summed E-state index contributed by atoms with van der Waals surface area (Å²) in [6, 6.07) is 12.8. The van der Waals surface area contributed by atoms with Gasteiger partial charge in [-0.15, -0.1) is 11.8 Å². The number of ether oxygens (including phenoxy) is 1. The molecule has 0 radical (unpaired) electrons. The van der Waals surface area contributed by atoms with Crippen molar-refractivity contribution in [1.82, 2.24) is 9.80 Å². The molecule has 2 aromatic rings. The van der Waals surface area contributed by atoms with E-state index in [4.69, 9.17) is 4.74 Å². The standard InChI is InChI=1S/C24H29F3N2O2S/c1-16(2)28(17(3)4)11-12-29-22(30)15-32-23(29)18-7-5-9-20(13-18)31-21-10-6-8-19(14-21)24(25,26)27/h5-10,13-14,16-17,23H,11-12,15H2,1-4H3/t23-/m1/s1. The first-order valence-electron chi connectivity index (χ1n) is 10.7. The fourth-order valence-corrected chi connectivity index (χ4v) is 5.12. The number of nitrogens with zero attached hydrogens (tertiary/aromatic N) is 2. The number of carbonyl (C=O) groups excluding carboxylic acids is 1. The van der Waals surface area contributed by atoms with Crippen LogP contribution in [0.3, 0.4) is 0 Å². The van der Waals surface area contributed by atoms with E-state index in [9.17, 15) is 18.0 Å². The number of thioether (sulfide) groups is 1. The summed E-state index contributed by atoms with van der Waals surface area (Å²) in [6.45, 7) is 9.97. The number of amides is 1. The maximum Gasteiger partial charge on any atom is 0.416 e. The second-order valence-electron chi connectivity index (χ2n) is 8.38. The highest BCUT2D eigenvalue weighted by Crippen LogP contribution is 2.40. The van der Waals surface area contributed by atoms with E-state index in [1.807, 2.05) is 11.0 Å². The number of benzene rings is 2. The third-order valence-electron chi connectivity index (χ3n) is 5.43. The van der Waals surface area contributed by atoms with Crippen LogP contribution in [0.5, 0.6) is 11.5 Å². The normalized spacial score (nSPS) is 17.1. The molecule has 1 heterocycles. The smallest absolute Gasteiger partial charge is 0.416 e. The first-order valence-corrected chi connectivity index (χ1v) is 11.7. The minimum Gasteiger partial charge on any atom is -0.457 e. The molecule has 0 bridgehead atoms. The third kappa shape index (κ3) is 5.98. The monoisotopic (exact) mass is 466 g/mol. The number of carbonyl (C=O) groups is 1. The van der Waals surface area contributed by atoms with Crippen LogP contribution in [0, 0.1) is 0 Å². The van der Waals surface area contributed by atoms with Gasteiger partial charge in [0.1, 0.15) is 16.9 Å². The highest BCUT2D eigenvalue weighted by molar-refractivity contribution is 8.00. The topological polar surface area (TPSA) is 32.8 Å². The van der Waals surface area contributed by atoms with Crippen molar-refractivity contribution in [3.05, 3.63) is 59.7 Å². The Morgan fingerprint density at radius 1 is 1.06 bits per heavy atom. The van der Waals surface area contributed by atoms with Crippen molar-refractivity contribution in [2.24, 2.45) is 0 Å². The molecule has 32 heavy (non-hydrogen) atoms. The average molecular weight is 467 g/mol. The molecule has 8 heteroatoms. The number of hydrogen-bond donors (Lipinski definition) is 0. The summed E-state index contributed by atoms with van der Waals surface area (Å²) in [6.07, 6.45) is -4.43. The van der Waals surface area contributed by atoms with E-state index in [1.165, 1.54) is 12.1 Å². The van der Waals surface area contributed by atoms with Crippen LogP contribution in [0.2, 0.25) is 0 Å². The van der Waals surface area contributed by atoms with Gasteiger partial charge in [-0.2, -0.15) is 13.2 Å². The van der Waals surface area contributed by atoms with E-state index in [2.05, 4.69) is 32.6 Å². The molecule has 1 atom stereocenters. The number of alkyl halides is 3. The molecule has 1 amide bonds. The molecule has 4 nitrogen and oxygen atoms in total. The van der Waals surface area contributed by atoms with Crippen molar-refractivity contribution in [3.63, 3.8) is 0 Å². The largest absolute Gasteiger partial charge is 0.457 e. The Kier molecular flexibility index (Phi) is 7.77. The molecule has 0 aromatic heterocycles.